The molecular weight excluding hydrogens is 1030 g/mol. The number of unbranched alkanes of at least 4 members (excludes halogenated alkanes) is 15. The molecule has 0 aliphatic rings. The average Bonchev–Trinajstić information content (AvgIpc) is 2.35. The second kappa shape index (κ2) is 33.0. The van der Waals surface area contributed by atoms with Crippen LogP contribution >= 0.6 is 0 Å². The third-order valence-corrected chi connectivity index (χ3v) is 17.4. The highest BCUT2D eigenvalue weighted by Gasteiger charge is 2.53. The summed E-state index contributed by atoms with van der Waals surface area (Å²) in [5, 5.41) is 0. The maximum atomic E-state index is 8.40. The van der Waals surface area contributed by atoms with Crippen molar-refractivity contribution in [2.24, 2.45) is 0 Å². The molecule has 9 aromatic rings. The van der Waals surface area contributed by atoms with Crippen LogP contribution < -0.4 is 0 Å². The molecule has 9 rings (SSSR count). The predicted molar refractivity (Wildman–Crippen MR) is 358 cm³/mol. The minimum Gasteiger partial charge on any atom is -0.368 e. The SMILES string of the molecule is CCCCCCCCc1ccc(C(OB(OC(c2ccccc2)(c2ccccc2)c2ccc(CCCCCCCC)cc2)OC(c2ccccc2)(c2ccccc2)c2ccc(CCCCCCCC)cc2)(c2ccccc2)c2ccccc2)cc1. The zero-order valence-corrected chi connectivity index (χ0v) is 51.4. The Labute approximate surface area is 512 Å². The molecule has 0 heterocycles. The molecule has 0 radical (unpaired) electrons. The molecule has 9 aromatic carbocycles. The van der Waals surface area contributed by atoms with E-state index >= 15 is 0 Å². The van der Waals surface area contributed by atoms with Crippen molar-refractivity contribution in [3.8, 4) is 0 Å². The molecule has 0 atom stereocenters. The van der Waals surface area contributed by atoms with E-state index in [-0.39, 0.29) is 0 Å². The quantitative estimate of drug-likeness (QED) is 0.0223. The molecule has 0 N–H and O–H groups in total. The summed E-state index contributed by atoms with van der Waals surface area (Å²) in [5.74, 6) is 0. The third kappa shape index (κ3) is 16.1. The largest absolute Gasteiger partial charge is 0.643 e. The first-order valence-corrected chi connectivity index (χ1v) is 32.7. The molecule has 85 heavy (non-hydrogen) atoms. The van der Waals surface area contributed by atoms with Gasteiger partial charge in [0.1, 0.15) is 16.8 Å². The van der Waals surface area contributed by atoms with Gasteiger partial charge < -0.3 is 14.0 Å². The van der Waals surface area contributed by atoms with Gasteiger partial charge in [0.25, 0.3) is 0 Å². The van der Waals surface area contributed by atoms with Crippen LogP contribution in [0.25, 0.3) is 0 Å². The first kappa shape index (κ1) is 62.5. The lowest BCUT2D eigenvalue weighted by Crippen LogP contribution is -2.51. The van der Waals surface area contributed by atoms with Crippen LogP contribution in [0.3, 0.4) is 0 Å². The first-order chi connectivity index (χ1) is 42.0. The van der Waals surface area contributed by atoms with E-state index in [1.54, 1.807) is 0 Å². The zero-order chi connectivity index (χ0) is 58.7. The fraction of sp³-hybridized carbons (Fsp3) is 0.333. The van der Waals surface area contributed by atoms with Crippen LogP contribution in [0.4, 0.5) is 0 Å². The van der Waals surface area contributed by atoms with Crippen molar-refractivity contribution in [2.45, 2.75) is 172 Å². The molecule has 3 nitrogen and oxygen atoms in total. The van der Waals surface area contributed by atoms with Crippen molar-refractivity contribution in [2.75, 3.05) is 0 Å². The Kier molecular flexibility index (Phi) is 24.2. The average molecular weight is 1130 g/mol. The molecule has 0 bridgehead atoms. The Morgan fingerprint density at radius 2 is 0.388 bits per heavy atom. The summed E-state index contributed by atoms with van der Waals surface area (Å²) in [5.41, 5.74) is 8.78. The third-order valence-electron chi connectivity index (χ3n) is 17.4. The van der Waals surface area contributed by atoms with Gasteiger partial charge >= 0.3 is 7.32 Å². The van der Waals surface area contributed by atoms with Crippen molar-refractivity contribution in [1.82, 2.24) is 0 Å². The molecule has 0 unspecified atom stereocenters. The van der Waals surface area contributed by atoms with Crippen molar-refractivity contribution >= 4 is 7.32 Å². The topological polar surface area (TPSA) is 27.7 Å². The molecule has 0 saturated carbocycles. The number of aryl methyl sites for hydroxylation is 3. The lowest BCUT2D eigenvalue weighted by Gasteiger charge is -2.45. The van der Waals surface area contributed by atoms with Crippen molar-refractivity contribution in [1.29, 1.82) is 0 Å². The molecule has 0 aromatic heterocycles. The van der Waals surface area contributed by atoms with Crippen molar-refractivity contribution < 1.29 is 14.0 Å². The van der Waals surface area contributed by atoms with Crippen LogP contribution in [-0.2, 0) is 50.0 Å². The molecule has 0 aliphatic heterocycles. The Balaban J connectivity index is 1.27. The Hall–Kier alpha value is -7.08. The lowest BCUT2D eigenvalue weighted by atomic mass is 9.76. The second-order valence-electron chi connectivity index (χ2n) is 23.5. The van der Waals surface area contributed by atoms with E-state index in [1.165, 1.54) is 113 Å². The normalized spacial score (nSPS) is 11.9. The van der Waals surface area contributed by atoms with Gasteiger partial charge in [-0.15, -0.1) is 0 Å². The summed E-state index contributed by atoms with van der Waals surface area (Å²) in [6.45, 7) is 6.86. The molecule has 4 heteroatoms. The highest BCUT2D eigenvalue weighted by Crippen LogP contribution is 2.49. The van der Waals surface area contributed by atoms with Gasteiger partial charge in [0.2, 0.25) is 0 Å². The van der Waals surface area contributed by atoms with Crippen LogP contribution in [0.2, 0.25) is 0 Å². The van der Waals surface area contributed by atoms with Gasteiger partial charge in [0, 0.05) is 0 Å². The van der Waals surface area contributed by atoms with Gasteiger partial charge in [-0.3, -0.25) is 0 Å². The Bertz CT molecular complexity index is 2750. The molecular formula is C81H93BO3. The van der Waals surface area contributed by atoms with E-state index in [1.807, 2.05) is 0 Å². The summed E-state index contributed by atoms with van der Waals surface area (Å²) in [6.07, 6.45) is 25.7. The fourth-order valence-corrected chi connectivity index (χ4v) is 12.7. The van der Waals surface area contributed by atoms with Crippen molar-refractivity contribution in [3.63, 3.8) is 0 Å². The van der Waals surface area contributed by atoms with Crippen LogP contribution in [0.5, 0.6) is 0 Å². The summed E-state index contributed by atoms with van der Waals surface area (Å²) < 4.78 is 25.2. The molecule has 0 fully saturated rings. The Morgan fingerprint density at radius 1 is 0.212 bits per heavy atom. The molecule has 0 spiro atoms. The van der Waals surface area contributed by atoms with E-state index in [0.29, 0.717) is 0 Å². The Morgan fingerprint density at radius 3 is 0.588 bits per heavy atom. The summed E-state index contributed by atoms with van der Waals surface area (Å²) in [6, 6.07) is 92.0. The highest BCUT2D eigenvalue weighted by molar-refractivity contribution is 6.37. The lowest BCUT2D eigenvalue weighted by molar-refractivity contribution is -0.0361. The van der Waals surface area contributed by atoms with Gasteiger partial charge in [0.15, 0.2) is 0 Å². The smallest absolute Gasteiger partial charge is 0.368 e. The van der Waals surface area contributed by atoms with E-state index in [4.69, 9.17) is 14.0 Å². The van der Waals surface area contributed by atoms with E-state index in [9.17, 15) is 0 Å². The molecule has 0 saturated heterocycles. The number of benzene rings is 9. The first-order valence-electron chi connectivity index (χ1n) is 32.7. The molecule has 0 aliphatic carbocycles. The van der Waals surface area contributed by atoms with Gasteiger partial charge in [-0.1, -0.05) is 372 Å². The summed E-state index contributed by atoms with van der Waals surface area (Å²) in [4.78, 5) is 0. The van der Waals surface area contributed by atoms with Crippen LogP contribution in [0, 0.1) is 0 Å². The molecule has 0 amide bonds. The minimum atomic E-state index is -1.41. The zero-order valence-electron chi connectivity index (χ0n) is 51.4. The minimum absolute atomic E-state index is 0.954. The number of rotatable bonds is 36. The monoisotopic (exact) mass is 1120 g/mol. The van der Waals surface area contributed by atoms with Crippen LogP contribution in [0.15, 0.2) is 255 Å². The van der Waals surface area contributed by atoms with E-state index < -0.39 is 24.1 Å². The van der Waals surface area contributed by atoms with Crippen LogP contribution in [-0.4, -0.2) is 7.32 Å². The summed E-state index contributed by atoms with van der Waals surface area (Å²) in [7, 11) is -1.41. The van der Waals surface area contributed by atoms with E-state index in [2.05, 4.69) is 276 Å². The highest BCUT2D eigenvalue weighted by atomic mass is 16.8. The van der Waals surface area contributed by atoms with Gasteiger partial charge in [-0.05, 0) is 105 Å². The standard InChI is InChI=1S/C81H93BO3/c1-4-7-10-13-16-25-40-67-55-61-76(62-56-67)79(70-43-28-19-29-44-70,71-45-30-20-31-46-71)83-82(84-80(72-47-32-21-33-48-72,73-49-34-22-35-50-73)77-63-57-68(58-64-77)41-26-17-14-11-8-5-2)85-81(74-51-36-23-37-52-74,75-53-38-24-39-54-75)78-65-59-69(60-66-78)42-27-18-15-12-9-6-3/h19-24,28-39,43-66H,4-18,25-27,40-42H2,1-3H3. The van der Waals surface area contributed by atoms with Crippen molar-refractivity contribution in [3.05, 3.63) is 322 Å². The van der Waals surface area contributed by atoms with Gasteiger partial charge in [0.05, 0.1) is 0 Å². The maximum absolute atomic E-state index is 8.40. The second-order valence-corrected chi connectivity index (χ2v) is 23.5. The van der Waals surface area contributed by atoms with E-state index in [0.717, 1.165) is 88.6 Å². The number of hydrogen-bond acceptors (Lipinski definition) is 3. The fourth-order valence-electron chi connectivity index (χ4n) is 12.7. The maximum Gasteiger partial charge on any atom is 0.643 e. The van der Waals surface area contributed by atoms with Gasteiger partial charge in [-0.25, -0.2) is 0 Å². The van der Waals surface area contributed by atoms with Crippen LogP contribution in [0.1, 0.15) is 203 Å². The molecule has 438 valence electrons. The number of hydrogen-bond donors (Lipinski definition) is 0. The van der Waals surface area contributed by atoms with Gasteiger partial charge in [-0.2, -0.15) is 0 Å². The predicted octanol–water partition coefficient (Wildman–Crippen LogP) is 21.7. The summed E-state index contributed by atoms with van der Waals surface area (Å²) >= 11 is 0.